The van der Waals surface area contributed by atoms with E-state index in [2.05, 4.69) is 22.4 Å². The summed E-state index contributed by atoms with van der Waals surface area (Å²) in [6, 6.07) is 21.7. The van der Waals surface area contributed by atoms with Crippen molar-refractivity contribution in [3.8, 4) is 11.3 Å². The van der Waals surface area contributed by atoms with Gasteiger partial charge in [-0.1, -0.05) is 43.2 Å². The van der Waals surface area contributed by atoms with Crippen molar-refractivity contribution in [1.29, 1.82) is 0 Å². The van der Waals surface area contributed by atoms with E-state index < -0.39 is 0 Å². The fourth-order valence-electron chi connectivity index (χ4n) is 3.66. The summed E-state index contributed by atoms with van der Waals surface area (Å²) in [6.45, 7) is 0. The minimum Gasteiger partial charge on any atom is -0.322 e. The normalized spacial score (nSPS) is 14.3. The third-order valence-corrected chi connectivity index (χ3v) is 5.08. The zero-order valence-corrected chi connectivity index (χ0v) is 14.7. The molecule has 0 aliphatic heterocycles. The van der Waals surface area contributed by atoms with E-state index in [-0.39, 0.29) is 5.91 Å². The number of rotatable bonds is 4. The van der Waals surface area contributed by atoms with Crippen molar-refractivity contribution in [3.63, 3.8) is 0 Å². The van der Waals surface area contributed by atoms with Gasteiger partial charge in [0.25, 0.3) is 5.91 Å². The standard InChI is InChI=1S/C23H22N2O/c26-23(19-13-11-18(12-14-19)17-6-1-2-7-17)25-21-9-5-8-20(16-21)22-10-3-4-15-24-22/h3-5,8-17H,1-2,6-7H2,(H,25,26). The molecule has 0 atom stereocenters. The molecule has 1 N–H and O–H groups in total. The topological polar surface area (TPSA) is 42.0 Å². The molecule has 3 nitrogen and oxygen atoms in total. The minimum absolute atomic E-state index is 0.0823. The van der Waals surface area contributed by atoms with Gasteiger partial charge in [-0.15, -0.1) is 0 Å². The summed E-state index contributed by atoms with van der Waals surface area (Å²) >= 11 is 0. The molecule has 1 aliphatic carbocycles. The summed E-state index contributed by atoms with van der Waals surface area (Å²) in [7, 11) is 0. The molecule has 1 aliphatic rings. The van der Waals surface area contributed by atoms with Gasteiger partial charge >= 0.3 is 0 Å². The maximum absolute atomic E-state index is 12.6. The van der Waals surface area contributed by atoms with Crippen LogP contribution in [0.1, 0.15) is 47.5 Å². The molecule has 4 rings (SSSR count). The van der Waals surface area contributed by atoms with Crippen LogP contribution in [-0.4, -0.2) is 10.9 Å². The van der Waals surface area contributed by atoms with Crippen LogP contribution in [0.15, 0.2) is 72.9 Å². The number of benzene rings is 2. The predicted molar refractivity (Wildman–Crippen MR) is 105 cm³/mol. The van der Waals surface area contributed by atoms with Gasteiger partial charge in [0.05, 0.1) is 5.69 Å². The first-order valence-corrected chi connectivity index (χ1v) is 9.22. The molecular weight excluding hydrogens is 320 g/mol. The molecule has 1 fully saturated rings. The van der Waals surface area contributed by atoms with Crippen molar-refractivity contribution in [3.05, 3.63) is 84.1 Å². The van der Waals surface area contributed by atoms with Crippen molar-refractivity contribution in [1.82, 2.24) is 4.98 Å². The Morgan fingerprint density at radius 3 is 2.46 bits per heavy atom. The lowest BCUT2D eigenvalue weighted by Gasteiger charge is -2.11. The number of carbonyl (C=O) groups excluding carboxylic acids is 1. The van der Waals surface area contributed by atoms with Gasteiger partial charge in [0.15, 0.2) is 0 Å². The highest BCUT2D eigenvalue weighted by atomic mass is 16.1. The van der Waals surface area contributed by atoms with Crippen LogP contribution in [0.4, 0.5) is 5.69 Å². The average molecular weight is 342 g/mol. The fraction of sp³-hybridized carbons (Fsp3) is 0.217. The Morgan fingerprint density at radius 2 is 1.73 bits per heavy atom. The lowest BCUT2D eigenvalue weighted by Crippen LogP contribution is -2.12. The van der Waals surface area contributed by atoms with E-state index in [1.165, 1.54) is 31.2 Å². The minimum atomic E-state index is -0.0823. The van der Waals surface area contributed by atoms with E-state index in [4.69, 9.17) is 0 Å². The Bertz CT molecular complexity index is 882. The number of hydrogen-bond donors (Lipinski definition) is 1. The van der Waals surface area contributed by atoms with Crippen LogP contribution in [0, 0.1) is 0 Å². The third kappa shape index (κ3) is 3.67. The number of hydrogen-bond acceptors (Lipinski definition) is 2. The maximum atomic E-state index is 12.6. The molecule has 1 heterocycles. The second kappa shape index (κ2) is 7.52. The predicted octanol–water partition coefficient (Wildman–Crippen LogP) is 5.66. The van der Waals surface area contributed by atoms with E-state index in [1.54, 1.807) is 6.20 Å². The van der Waals surface area contributed by atoms with Crippen LogP contribution in [-0.2, 0) is 0 Å². The summed E-state index contributed by atoms with van der Waals surface area (Å²) in [5.74, 6) is 0.586. The van der Waals surface area contributed by atoms with Crippen molar-refractivity contribution < 1.29 is 4.79 Å². The molecule has 1 amide bonds. The number of nitrogens with one attached hydrogen (secondary N) is 1. The average Bonchev–Trinajstić information content (AvgIpc) is 3.24. The fourth-order valence-corrected chi connectivity index (χ4v) is 3.66. The quantitative estimate of drug-likeness (QED) is 0.665. The Hall–Kier alpha value is -2.94. The SMILES string of the molecule is O=C(Nc1cccc(-c2ccccn2)c1)c1ccc(C2CCCC2)cc1. The first-order valence-electron chi connectivity index (χ1n) is 9.22. The van der Waals surface area contributed by atoms with Crippen LogP contribution in [0.2, 0.25) is 0 Å². The Balaban J connectivity index is 1.48. The van der Waals surface area contributed by atoms with Crippen LogP contribution in [0.25, 0.3) is 11.3 Å². The van der Waals surface area contributed by atoms with E-state index in [9.17, 15) is 4.79 Å². The zero-order valence-electron chi connectivity index (χ0n) is 14.7. The van der Waals surface area contributed by atoms with Crippen LogP contribution < -0.4 is 5.32 Å². The number of nitrogens with zero attached hydrogens (tertiary/aromatic N) is 1. The molecule has 0 radical (unpaired) electrons. The highest BCUT2D eigenvalue weighted by Gasteiger charge is 2.17. The van der Waals surface area contributed by atoms with Gasteiger partial charge in [-0.2, -0.15) is 0 Å². The van der Waals surface area contributed by atoms with Gasteiger partial charge in [0.2, 0.25) is 0 Å². The molecule has 3 heteroatoms. The molecule has 0 spiro atoms. The lowest BCUT2D eigenvalue weighted by molar-refractivity contribution is 0.102. The Morgan fingerprint density at radius 1 is 0.923 bits per heavy atom. The molecule has 0 bridgehead atoms. The van der Waals surface area contributed by atoms with Crippen molar-refractivity contribution in [2.45, 2.75) is 31.6 Å². The summed E-state index contributed by atoms with van der Waals surface area (Å²) in [5.41, 5.74) is 4.70. The first kappa shape index (κ1) is 16.5. The maximum Gasteiger partial charge on any atom is 0.255 e. The van der Waals surface area contributed by atoms with Gasteiger partial charge in [0, 0.05) is 23.0 Å². The number of amides is 1. The monoisotopic (exact) mass is 342 g/mol. The summed E-state index contributed by atoms with van der Waals surface area (Å²) in [5, 5.41) is 2.99. The summed E-state index contributed by atoms with van der Waals surface area (Å²) in [6.07, 6.45) is 6.95. The molecule has 130 valence electrons. The Kier molecular flexibility index (Phi) is 4.78. The molecule has 26 heavy (non-hydrogen) atoms. The van der Waals surface area contributed by atoms with Gasteiger partial charge in [-0.3, -0.25) is 9.78 Å². The summed E-state index contributed by atoms with van der Waals surface area (Å²) in [4.78, 5) is 16.9. The molecule has 0 unspecified atom stereocenters. The third-order valence-electron chi connectivity index (χ3n) is 5.08. The lowest BCUT2D eigenvalue weighted by atomic mass is 9.96. The largest absolute Gasteiger partial charge is 0.322 e. The van der Waals surface area contributed by atoms with E-state index in [1.807, 2.05) is 54.6 Å². The van der Waals surface area contributed by atoms with Gasteiger partial charge < -0.3 is 5.32 Å². The zero-order chi connectivity index (χ0) is 17.8. The van der Waals surface area contributed by atoms with Crippen molar-refractivity contribution in [2.75, 3.05) is 5.32 Å². The Labute approximate surface area is 154 Å². The van der Waals surface area contributed by atoms with E-state index >= 15 is 0 Å². The van der Waals surface area contributed by atoms with Gasteiger partial charge in [0.1, 0.15) is 0 Å². The second-order valence-electron chi connectivity index (χ2n) is 6.85. The molecule has 3 aromatic rings. The number of aromatic nitrogens is 1. The molecular formula is C23H22N2O. The molecule has 1 aromatic heterocycles. The van der Waals surface area contributed by atoms with Gasteiger partial charge in [-0.05, 0) is 60.7 Å². The molecule has 0 saturated heterocycles. The van der Waals surface area contributed by atoms with E-state index in [0.29, 0.717) is 11.5 Å². The smallest absolute Gasteiger partial charge is 0.255 e. The molecule has 1 saturated carbocycles. The second-order valence-corrected chi connectivity index (χ2v) is 6.85. The molecule has 2 aromatic carbocycles. The number of pyridine rings is 1. The van der Waals surface area contributed by atoms with E-state index in [0.717, 1.165) is 16.9 Å². The number of carbonyl (C=O) groups is 1. The highest BCUT2D eigenvalue weighted by molar-refractivity contribution is 6.04. The van der Waals surface area contributed by atoms with Crippen LogP contribution in [0.3, 0.4) is 0 Å². The first-order chi connectivity index (χ1) is 12.8. The number of anilines is 1. The van der Waals surface area contributed by atoms with Crippen molar-refractivity contribution in [2.24, 2.45) is 0 Å². The van der Waals surface area contributed by atoms with Gasteiger partial charge in [-0.25, -0.2) is 0 Å². The van der Waals surface area contributed by atoms with Crippen LogP contribution in [0.5, 0.6) is 0 Å². The van der Waals surface area contributed by atoms with Crippen molar-refractivity contribution >= 4 is 11.6 Å². The van der Waals surface area contributed by atoms with Crippen LogP contribution >= 0.6 is 0 Å². The highest BCUT2D eigenvalue weighted by Crippen LogP contribution is 2.34. The summed E-state index contributed by atoms with van der Waals surface area (Å²) < 4.78 is 0.